The lowest BCUT2D eigenvalue weighted by Crippen LogP contribution is -2.45. The summed E-state index contributed by atoms with van der Waals surface area (Å²) < 4.78 is 0. The maximum absolute atomic E-state index is 11.9. The van der Waals surface area contributed by atoms with Crippen molar-refractivity contribution in [1.29, 1.82) is 0 Å². The van der Waals surface area contributed by atoms with Gasteiger partial charge in [0.1, 0.15) is 17.2 Å². The number of ketones is 3. The van der Waals surface area contributed by atoms with Crippen LogP contribution in [0.4, 0.5) is 0 Å². The van der Waals surface area contributed by atoms with Crippen LogP contribution in [0.15, 0.2) is 0 Å². The standard InChI is InChI=1S/C13H22O4/c1-8(2)11(15)7-13(17,6-10(5)14)12(16)9(3)4/h8-9,17H,6-7H2,1-5H3. The predicted molar refractivity (Wildman–Crippen MR) is 64.6 cm³/mol. The van der Waals surface area contributed by atoms with Crippen LogP contribution in [0, 0.1) is 11.8 Å². The van der Waals surface area contributed by atoms with Crippen LogP contribution in [-0.2, 0) is 14.4 Å². The van der Waals surface area contributed by atoms with Crippen molar-refractivity contribution in [2.75, 3.05) is 0 Å². The maximum atomic E-state index is 11.9. The van der Waals surface area contributed by atoms with Gasteiger partial charge in [0.25, 0.3) is 0 Å². The molecule has 0 aromatic carbocycles. The Bertz CT molecular complexity index is 317. The van der Waals surface area contributed by atoms with Gasteiger partial charge in [0.2, 0.25) is 0 Å². The molecule has 0 heterocycles. The molecule has 1 N–H and O–H groups in total. The highest BCUT2D eigenvalue weighted by atomic mass is 16.3. The number of carbonyl (C=O) groups is 3. The predicted octanol–water partition coefficient (Wildman–Crippen LogP) is 1.54. The van der Waals surface area contributed by atoms with Crippen molar-refractivity contribution in [3.63, 3.8) is 0 Å². The third-order valence-electron chi connectivity index (χ3n) is 2.64. The second-order valence-corrected chi connectivity index (χ2v) is 5.23. The van der Waals surface area contributed by atoms with Gasteiger partial charge in [-0.05, 0) is 6.92 Å². The van der Waals surface area contributed by atoms with Gasteiger partial charge in [-0.2, -0.15) is 0 Å². The Labute approximate surface area is 102 Å². The summed E-state index contributed by atoms with van der Waals surface area (Å²) in [4.78, 5) is 34.7. The van der Waals surface area contributed by atoms with E-state index in [4.69, 9.17) is 0 Å². The van der Waals surface area contributed by atoms with Crippen LogP contribution in [0.2, 0.25) is 0 Å². The monoisotopic (exact) mass is 242 g/mol. The van der Waals surface area contributed by atoms with E-state index in [9.17, 15) is 19.5 Å². The molecule has 0 saturated carbocycles. The highest BCUT2D eigenvalue weighted by Crippen LogP contribution is 2.23. The molecule has 0 fully saturated rings. The lowest BCUT2D eigenvalue weighted by molar-refractivity contribution is -0.149. The number of aliphatic hydroxyl groups is 1. The van der Waals surface area contributed by atoms with E-state index >= 15 is 0 Å². The SMILES string of the molecule is CC(=O)CC(O)(CC(=O)C(C)C)C(=O)C(C)C. The first-order chi connectivity index (χ1) is 7.60. The van der Waals surface area contributed by atoms with Crippen LogP contribution in [-0.4, -0.2) is 28.1 Å². The van der Waals surface area contributed by atoms with Crippen molar-refractivity contribution >= 4 is 17.3 Å². The van der Waals surface area contributed by atoms with E-state index in [1.165, 1.54) is 6.92 Å². The molecule has 0 aliphatic carbocycles. The summed E-state index contributed by atoms with van der Waals surface area (Å²) in [5, 5.41) is 10.2. The molecule has 0 aromatic heterocycles. The van der Waals surface area contributed by atoms with Crippen LogP contribution < -0.4 is 0 Å². The molecule has 0 amide bonds. The largest absolute Gasteiger partial charge is 0.381 e. The Hall–Kier alpha value is -1.03. The van der Waals surface area contributed by atoms with Gasteiger partial charge in [-0.3, -0.25) is 14.4 Å². The van der Waals surface area contributed by atoms with Crippen LogP contribution in [0.5, 0.6) is 0 Å². The third-order valence-corrected chi connectivity index (χ3v) is 2.64. The van der Waals surface area contributed by atoms with Crippen molar-refractivity contribution in [3.8, 4) is 0 Å². The molecule has 4 nitrogen and oxygen atoms in total. The van der Waals surface area contributed by atoms with Gasteiger partial charge in [0.05, 0.1) is 0 Å². The van der Waals surface area contributed by atoms with Crippen molar-refractivity contribution < 1.29 is 19.5 Å². The molecule has 0 aliphatic heterocycles. The quantitative estimate of drug-likeness (QED) is 0.735. The Kier molecular flexibility index (Phi) is 5.69. The van der Waals surface area contributed by atoms with Gasteiger partial charge in [-0.25, -0.2) is 0 Å². The zero-order chi connectivity index (χ0) is 13.8. The number of hydrogen-bond acceptors (Lipinski definition) is 4. The fourth-order valence-electron chi connectivity index (χ4n) is 1.68. The zero-order valence-corrected chi connectivity index (χ0v) is 11.2. The molecule has 1 atom stereocenters. The summed E-state index contributed by atoms with van der Waals surface area (Å²) in [5.74, 6) is -1.60. The first kappa shape index (κ1) is 16.0. The normalized spacial score (nSPS) is 14.8. The lowest BCUT2D eigenvalue weighted by atomic mass is 9.81. The molecule has 0 aromatic rings. The van der Waals surface area contributed by atoms with Crippen molar-refractivity contribution in [2.45, 2.75) is 53.1 Å². The first-order valence-electron chi connectivity index (χ1n) is 5.89. The lowest BCUT2D eigenvalue weighted by Gasteiger charge is -2.27. The van der Waals surface area contributed by atoms with E-state index in [0.29, 0.717) is 0 Å². The van der Waals surface area contributed by atoms with Crippen molar-refractivity contribution in [3.05, 3.63) is 0 Å². The molecular weight excluding hydrogens is 220 g/mol. The Morgan fingerprint density at radius 1 is 1.00 bits per heavy atom. The molecule has 0 spiro atoms. The highest BCUT2D eigenvalue weighted by Gasteiger charge is 2.40. The van der Waals surface area contributed by atoms with Crippen LogP contribution >= 0.6 is 0 Å². The summed E-state index contributed by atoms with van der Waals surface area (Å²) in [7, 11) is 0. The Morgan fingerprint density at radius 3 is 1.76 bits per heavy atom. The first-order valence-corrected chi connectivity index (χ1v) is 5.89. The molecular formula is C13H22O4. The highest BCUT2D eigenvalue weighted by molar-refractivity contribution is 5.97. The van der Waals surface area contributed by atoms with E-state index in [-0.39, 0.29) is 30.3 Å². The fraction of sp³-hybridized carbons (Fsp3) is 0.769. The minimum absolute atomic E-state index is 0.206. The minimum atomic E-state index is -1.83. The van der Waals surface area contributed by atoms with Gasteiger partial charge >= 0.3 is 0 Å². The summed E-state index contributed by atoms with van der Waals surface area (Å²) in [6, 6.07) is 0. The van der Waals surface area contributed by atoms with Crippen molar-refractivity contribution in [1.82, 2.24) is 0 Å². The summed E-state index contributed by atoms with van der Waals surface area (Å²) in [6.45, 7) is 8.01. The number of carbonyl (C=O) groups excluding carboxylic acids is 3. The van der Waals surface area contributed by atoms with Gasteiger partial charge in [-0.1, -0.05) is 27.7 Å². The van der Waals surface area contributed by atoms with E-state index < -0.39 is 17.3 Å². The summed E-state index contributed by atoms with van der Waals surface area (Å²) in [5.41, 5.74) is -1.83. The minimum Gasteiger partial charge on any atom is -0.381 e. The second-order valence-electron chi connectivity index (χ2n) is 5.23. The topological polar surface area (TPSA) is 71.4 Å². The third kappa shape index (κ3) is 4.77. The van der Waals surface area contributed by atoms with E-state index in [1.807, 2.05) is 0 Å². The second kappa shape index (κ2) is 6.05. The number of Topliss-reactive ketones (excluding diaryl/α,β-unsaturated/α-hetero) is 3. The van der Waals surface area contributed by atoms with Gasteiger partial charge in [0.15, 0.2) is 5.78 Å². The maximum Gasteiger partial charge on any atom is 0.167 e. The smallest absolute Gasteiger partial charge is 0.167 e. The Balaban J connectivity index is 5.04. The average Bonchev–Trinajstić information content (AvgIpc) is 2.14. The number of rotatable bonds is 7. The van der Waals surface area contributed by atoms with Crippen molar-refractivity contribution in [2.24, 2.45) is 11.8 Å². The molecule has 1 unspecified atom stereocenters. The van der Waals surface area contributed by atoms with E-state index in [0.717, 1.165) is 0 Å². The van der Waals surface area contributed by atoms with Crippen LogP contribution in [0.3, 0.4) is 0 Å². The molecule has 0 bridgehead atoms. The van der Waals surface area contributed by atoms with E-state index in [1.54, 1.807) is 27.7 Å². The van der Waals surface area contributed by atoms with Gasteiger partial charge in [-0.15, -0.1) is 0 Å². The summed E-state index contributed by atoms with van der Waals surface area (Å²) >= 11 is 0. The van der Waals surface area contributed by atoms with Crippen LogP contribution in [0.25, 0.3) is 0 Å². The molecule has 98 valence electrons. The van der Waals surface area contributed by atoms with Crippen LogP contribution in [0.1, 0.15) is 47.5 Å². The molecule has 0 radical (unpaired) electrons. The fourth-order valence-corrected chi connectivity index (χ4v) is 1.68. The number of hydrogen-bond donors (Lipinski definition) is 1. The van der Waals surface area contributed by atoms with E-state index in [2.05, 4.69) is 0 Å². The summed E-state index contributed by atoms with van der Waals surface area (Å²) in [6.07, 6.45) is -0.566. The molecule has 17 heavy (non-hydrogen) atoms. The molecule has 4 heteroatoms. The average molecular weight is 242 g/mol. The molecule has 0 rings (SSSR count). The zero-order valence-electron chi connectivity index (χ0n) is 11.2. The van der Waals surface area contributed by atoms with Gasteiger partial charge in [0, 0.05) is 24.7 Å². The molecule has 0 saturated heterocycles. The Morgan fingerprint density at radius 2 is 1.47 bits per heavy atom. The van der Waals surface area contributed by atoms with Gasteiger partial charge < -0.3 is 5.11 Å². The molecule has 0 aliphatic rings.